The van der Waals surface area contributed by atoms with Gasteiger partial charge in [-0.25, -0.2) is 4.98 Å². The second-order valence-corrected chi connectivity index (χ2v) is 10.7. The molecule has 0 amide bonds. The molecule has 2 saturated heterocycles. The fraction of sp³-hybridized carbons (Fsp3) is 0.696. The average molecular weight is 416 g/mol. The van der Waals surface area contributed by atoms with E-state index >= 15 is 0 Å². The van der Waals surface area contributed by atoms with Crippen LogP contribution in [0.1, 0.15) is 81.3 Å². The van der Waals surface area contributed by atoms with E-state index in [0.717, 1.165) is 42.8 Å². The predicted octanol–water partition coefficient (Wildman–Crippen LogP) is 4.28. The Kier molecular flexibility index (Phi) is 4.13. The molecule has 5 nitrogen and oxygen atoms in total. The molecule has 4 unspecified atom stereocenters. The predicted molar refractivity (Wildman–Crippen MR) is 113 cm³/mol. The Hall–Kier alpha value is -1.14. The summed E-state index contributed by atoms with van der Waals surface area (Å²) in [4.78, 5) is 10.2. The standard InChI is InChI=1S/C23H30ClN3O2/c1-12(17-10-25-22-21(17)20(14-2-3-14)18(24)11-26-22)4-19(28)27-15-5-13-6-16(27)9-23(29,7-13)8-15/h10-16,19,28-29H,2-9H2,1H3,(H,25,26). The number of nitrogens with one attached hydrogen (secondary N) is 1. The van der Waals surface area contributed by atoms with Crippen LogP contribution < -0.4 is 0 Å². The number of H-pyrrole nitrogens is 1. The van der Waals surface area contributed by atoms with Gasteiger partial charge in [0, 0.05) is 29.9 Å². The summed E-state index contributed by atoms with van der Waals surface area (Å²) in [7, 11) is 0. The largest absolute Gasteiger partial charge is 0.390 e. The minimum Gasteiger partial charge on any atom is -0.390 e. The van der Waals surface area contributed by atoms with Gasteiger partial charge in [0.2, 0.25) is 0 Å². The first kappa shape index (κ1) is 18.6. The number of hydrogen-bond acceptors (Lipinski definition) is 4. The molecule has 0 radical (unpaired) electrons. The normalized spacial score (nSPS) is 36.1. The van der Waals surface area contributed by atoms with E-state index in [0.29, 0.717) is 30.3 Å². The van der Waals surface area contributed by atoms with E-state index in [1.807, 2.05) is 0 Å². The summed E-state index contributed by atoms with van der Waals surface area (Å²) >= 11 is 6.54. The molecule has 2 aromatic heterocycles. The van der Waals surface area contributed by atoms with E-state index < -0.39 is 11.8 Å². The number of halogens is 1. The highest BCUT2D eigenvalue weighted by Crippen LogP contribution is 2.52. The number of piperidine rings is 2. The summed E-state index contributed by atoms with van der Waals surface area (Å²) in [5, 5.41) is 24.0. The Morgan fingerprint density at radius 2 is 2.00 bits per heavy atom. The average Bonchev–Trinajstić information content (AvgIpc) is 3.37. The Labute approximate surface area is 176 Å². The van der Waals surface area contributed by atoms with Crippen molar-refractivity contribution in [3.8, 4) is 0 Å². The van der Waals surface area contributed by atoms with Gasteiger partial charge in [0.15, 0.2) is 0 Å². The van der Waals surface area contributed by atoms with E-state index in [9.17, 15) is 10.2 Å². The van der Waals surface area contributed by atoms with Crippen molar-refractivity contribution >= 4 is 22.6 Å². The highest BCUT2D eigenvalue weighted by atomic mass is 35.5. The summed E-state index contributed by atoms with van der Waals surface area (Å²) in [6, 6.07) is 0.657. The first-order chi connectivity index (χ1) is 13.9. The van der Waals surface area contributed by atoms with Crippen LogP contribution in [0.15, 0.2) is 12.4 Å². The zero-order valence-electron chi connectivity index (χ0n) is 16.9. The number of aliphatic hydroxyl groups excluding tert-OH is 1. The van der Waals surface area contributed by atoms with Crippen LogP contribution >= 0.6 is 11.6 Å². The van der Waals surface area contributed by atoms with Crippen molar-refractivity contribution in [3.05, 3.63) is 28.5 Å². The van der Waals surface area contributed by atoms with Crippen LogP contribution in [0.2, 0.25) is 5.02 Å². The third kappa shape index (κ3) is 2.96. The van der Waals surface area contributed by atoms with Crippen molar-refractivity contribution < 1.29 is 10.2 Å². The first-order valence-electron chi connectivity index (χ1n) is 11.2. The quantitative estimate of drug-likeness (QED) is 0.681. The fourth-order valence-corrected chi connectivity index (χ4v) is 7.25. The van der Waals surface area contributed by atoms with Crippen molar-refractivity contribution in [2.24, 2.45) is 5.92 Å². The van der Waals surface area contributed by atoms with Gasteiger partial charge in [-0.2, -0.15) is 0 Å². The Morgan fingerprint density at radius 1 is 1.28 bits per heavy atom. The number of aromatic amines is 1. The third-order valence-electron chi connectivity index (χ3n) is 8.10. The molecule has 5 fully saturated rings. The highest BCUT2D eigenvalue weighted by molar-refractivity contribution is 6.32. The molecule has 3 aliphatic carbocycles. The molecule has 0 spiro atoms. The summed E-state index contributed by atoms with van der Waals surface area (Å²) < 4.78 is 0. The Balaban J connectivity index is 1.26. The first-order valence-corrected chi connectivity index (χ1v) is 11.6. The smallest absolute Gasteiger partial charge is 0.137 e. The maximum Gasteiger partial charge on any atom is 0.137 e. The Morgan fingerprint density at radius 3 is 2.66 bits per heavy atom. The number of aliphatic hydroxyl groups is 2. The van der Waals surface area contributed by atoms with Crippen LogP contribution in [0, 0.1) is 5.92 Å². The van der Waals surface area contributed by atoms with E-state index in [4.69, 9.17) is 11.6 Å². The minimum atomic E-state index is -0.475. The number of fused-ring (bicyclic) bond motifs is 1. The molecule has 3 N–H and O–H groups in total. The van der Waals surface area contributed by atoms with Crippen LogP contribution in [0.25, 0.3) is 11.0 Å². The van der Waals surface area contributed by atoms with Crippen LogP contribution in [0.3, 0.4) is 0 Å². The lowest BCUT2D eigenvalue weighted by Crippen LogP contribution is -2.66. The lowest BCUT2D eigenvalue weighted by Gasteiger charge is -2.61. The van der Waals surface area contributed by atoms with Gasteiger partial charge < -0.3 is 15.2 Å². The zero-order valence-corrected chi connectivity index (χ0v) is 17.7. The summed E-state index contributed by atoms with van der Waals surface area (Å²) in [6.07, 6.45) is 11.3. The number of hydrogen-bond donors (Lipinski definition) is 3. The molecule has 4 bridgehead atoms. The fourth-order valence-electron chi connectivity index (χ4n) is 6.95. The van der Waals surface area contributed by atoms with Crippen molar-refractivity contribution in [1.29, 1.82) is 0 Å². The topological polar surface area (TPSA) is 72.4 Å². The van der Waals surface area contributed by atoms with Gasteiger partial charge >= 0.3 is 0 Å². The number of nitrogens with zero attached hydrogens (tertiary/aromatic N) is 2. The number of pyridine rings is 1. The number of rotatable bonds is 5. The molecule has 0 aromatic carbocycles. The third-order valence-corrected chi connectivity index (χ3v) is 8.40. The van der Waals surface area contributed by atoms with Crippen LogP contribution in [-0.4, -0.2) is 49.0 Å². The van der Waals surface area contributed by atoms with Crippen molar-refractivity contribution in [2.75, 3.05) is 0 Å². The molecule has 7 rings (SSSR count). The molecule has 5 aliphatic rings. The monoisotopic (exact) mass is 415 g/mol. The van der Waals surface area contributed by atoms with Gasteiger partial charge in [-0.1, -0.05) is 18.5 Å². The van der Waals surface area contributed by atoms with Crippen LogP contribution in [0.4, 0.5) is 0 Å². The zero-order chi connectivity index (χ0) is 19.9. The lowest BCUT2D eigenvalue weighted by molar-refractivity contribution is -0.199. The van der Waals surface area contributed by atoms with Crippen molar-refractivity contribution in [1.82, 2.24) is 14.9 Å². The van der Waals surface area contributed by atoms with Gasteiger partial charge in [-0.3, -0.25) is 4.90 Å². The molecule has 29 heavy (non-hydrogen) atoms. The maximum absolute atomic E-state index is 11.2. The lowest BCUT2D eigenvalue weighted by atomic mass is 9.61. The molecule has 6 heteroatoms. The molecule has 2 aromatic rings. The molecule has 4 atom stereocenters. The Bertz CT molecular complexity index is 939. The van der Waals surface area contributed by atoms with E-state index in [2.05, 4.69) is 28.0 Å². The molecule has 4 heterocycles. The van der Waals surface area contributed by atoms with Gasteiger partial charge in [0.25, 0.3) is 0 Å². The SMILES string of the molecule is CC(CC(O)N1C2CC3CC1CC(O)(C3)C2)c1c[nH]c2ncc(Cl)c(C3CC3)c12. The van der Waals surface area contributed by atoms with E-state index in [1.54, 1.807) is 6.20 Å². The van der Waals surface area contributed by atoms with Gasteiger partial charge in [-0.15, -0.1) is 0 Å². The van der Waals surface area contributed by atoms with Gasteiger partial charge in [0.1, 0.15) is 11.9 Å². The minimum absolute atomic E-state index is 0.205. The van der Waals surface area contributed by atoms with Crippen LogP contribution in [-0.2, 0) is 0 Å². The van der Waals surface area contributed by atoms with Gasteiger partial charge in [0.05, 0.1) is 10.6 Å². The van der Waals surface area contributed by atoms with Gasteiger partial charge in [-0.05, 0) is 80.2 Å². The van der Waals surface area contributed by atoms with Crippen molar-refractivity contribution in [2.45, 2.75) is 94.0 Å². The van der Waals surface area contributed by atoms with E-state index in [1.165, 1.54) is 29.4 Å². The maximum atomic E-state index is 11.2. The van der Waals surface area contributed by atoms with E-state index in [-0.39, 0.29) is 5.92 Å². The summed E-state index contributed by atoms with van der Waals surface area (Å²) in [5.41, 5.74) is 2.90. The second kappa shape index (κ2) is 6.43. The van der Waals surface area contributed by atoms with Crippen LogP contribution in [0.5, 0.6) is 0 Å². The molecular formula is C23H30ClN3O2. The molecular weight excluding hydrogens is 386 g/mol. The second-order valence-electron chi connectivity index (χ2n) is 10.3. The highest BCUT2D eigenvalue weighted by Gasteiger charge is 2.55. The number of aromatic nitrogens is 2. The summed E-state index contributed by atoms with van der Waals surface area (Å²) in [6.45, 7) is 2.20. The molecule has 156 valence electrons. The summed E-state index contributed by atoms with van der Waals surface area (Å²) in [5.74, 6) is 1.40. The molecule has 2 aliphatic heterocycles. The molecule has 3 saturated carbocycles. The van der Waals surface area contributed by atoms with Crippen molar-refractivity contribution in [3.63, 3.8) is 0 Å².